The monoisotopic (exact) mass is 220 g/mol. The summed E-state index contributed by atoms with van der Waals surface area (Å²) in [5.41, 5.74) is 1.13. The van der Waals surface area contributed by atoms with Crippen molar-refractivity contribution in [1.29, 1.82) is 0 Å². The van der Waals surface area contributed by atoms with Gasteiger partial charge in [-0.15, -0.1) is 0 Å². The molecule has 16 heavy (non-hydrogen) atoms. The quantitative estimate of drug-likeness (QED) is 0.805. The van der Waals surface area contributed by atoms with Crippen LogP contribution in [0.3, 0.4) is 0 Å². The Balaban J connectivity index is 2.37. The van der Waals surface area contributed by atoms with Crippen LogP contribution in [0.4, 0.5) is 0 Å². The maximum absolute atomic E-state index is 11.2. The van der Waals surface area contributed by atoms with E-state index in [2.05, 4.69) is 5.32 Å². The van der Waals surface area contributed by atoms with Gasteiger partial charge in [0.1, 0.15) is 5.75 Å². The van der Waals surface area contributed by atoms with Crippen LogP contribution in [0.1, 0.15) is 12.5 Å². The van der Waals surface area contributed by atoms with Gasteiger partial charge in [0.15, 0.2) is 6.61 Å². The molecule has 4 nitrogen and oxygen atoms in total. The summed E-state index contributed by atoms with van der Waals surface area (Å²) in [5, 5.41) is 2.42. The summed E-state index contributed by atoms with van der Waals surface area (Å²) in [7, 11) is 0. The lowest BCUT2D eigenvalue weighted by molar-refractivity contribution is -0.123. The number of amides is 1. The molecule has 0 saturated heterocycles. The Morgan fingerprint density at radius 2 is 2.06 bits per heavy atom. The van der Waals surface area contributed by atoms with Crippen molar-refractivity contribution in [3.05, 3.63) is 29.8 Å². The molecule has 85 valence electrons. The Kier molecular flexibility index (Phi) is 4.51. The third-order valence-corrected chi connectivity index (χ3v) is 1.95. The van der Waals surface area contributed by atoms with E-state index in [0.717, 1.165) is 5.56 Å². The van der Waals surface area contributed by atoms with Gasteiger partial charge in [-0.25, -0.2) is 0 Å². The van der Waals surface area contributed by atoms with Gasteiger partial charge in [0, 0.05) is 0 Å². The molecule has 0 saturated carbocycles. The van der Waals surface area contributed by atoms with Gasteiger partial charge in [0.2, 0.25) is 6.29 Å². The van der Waals surface area contributed by atoms with E-state index < -0.39 is 6.04 Å². The molecule has 1 aromatic rings. The van der Waals surface area contributed by atoms with Crippen molar-refractivity contribution < 1.29 is 14.3 Å². The number of hydrogen-bond donors (Lipinski definition) is 1. The lowest BCUT2D eigenvalue weighted by Crippen LogP contribution is -2.36. The summed E-state index contributed by atoms with van der Waals surface area (Å²) in [4.78, 5) is 21.4. The van der Waals surface area contributed by atoms with Crippen LogP contribution in [0.2, 0.25) is 0 Å². The molecule has 0 aromatic heterocycles. The van der Waals surface area contributed by atoms with Crippen LogP contribution in [0.5, 0.6) is 5.75 Å². The summed E-state index contributed by atoms with van der Waals surface area (Å²) in [5.74, 6) is 0.292. The molecule has 0 fully saturated rings. The Labute approximate surface area is 94.6 Å². The smallest absolute Gasteiger partial charge is 0.258 e. The van der Waals surface area contributed by atoms with Crippen molar-refractivity contribution in [1.82, 2.24) is 5.32 Å². The van der Waals surface area contributed by atoms with E-state index >= 15 is 0 Å². The van der Waals surface area contributed by atoms with Crippen LogP contribution >= 0.6 is 0 Å². The van der Waals surface area contributed by atoms with E-state index in [9.17, 15) is 9.59 Å². The molecule has 0 spiro atoms. The van der Waals surface area contributed by atoms with Crippen molar-refractivity contribution >= 4 is 12.2 Å². The van der Waals surface area contributed by atoms with Gasteiger partial charge < -0.3 is 10.1 Å². The molecule has 4 heteroatoms. The second-order valence-corrected chi connectivity index (χ2v) is 3.51. The number of carbonyl (C=O) groups is 1. The Morgan fingerprint density at radius 3 is 2.62 bits per heavy atom. The van der Waals surface area contributed by atoms with E-state index in [4.69, 9.17) is 4.74 Å². The molecule has 1 rings (SSSR count). The van der Waals surface area contributed by atoms with E-state index in [1.165, 1.54) is 0 Å². The van der Waals surface area contributed by atoms with E-state index in [-0.39, 0.29) is 12.5 Å². The standard InChI is InChI=1S/C12H14NO3/c1-9-3-5-11(6-4-9)16-8-12(15)13-10(2)7-14/h3-6,10H,8H2,1-2H3,(H,13,15)/t10-/m0/s1. The first-order valence-corrected chi connectivity index (χ1v) is 4.98. The highest BCUT2D eigenvalue weighted by atomic mass is 16.5. The topological polar surface area (TPSA) is 55.4 Å². The van der Waals surface area contributed by atoms with E-state index in [1.807, 2.05) is 19.1 Å². The van der Waals surface area contributed by atoms with Crippen LogP contribution in [-0.4, -0.2) is 24.8 Å². The maximum atomic E-state index is 11.2. The second-order valence-electron chi connectivity index (χ2n) is 3.51. The predicted molar refractivity (Wildman–Crippen MR) is 60.0 cm³/mol. The summed E-state index contributed by atoms with van der Waals surface area (Å²) < 4.78 is 5.23. The van der Waals surface area contributed by atoms with Crippen molar-refractivity contribution in [3.63, 3.8) is 0 Å². The summed E-state index contributed by atoms with van der Waals surface area (Å²) >= 11 is 0. The highest BCUT2D eigenvalue weighted by Gasteiger charge is 2.07. The van der Waals surface area contributed by atoms with Crippen molar-refractivity contribution in [3.8, 4) is 5.75 Å². The summed E-state index contributed by atoms with van der Waals surface area (Å²) in [6.45, 7) is 3.42. The fraction of sp³-hybridized carbons (Fsp3) is 0.333. The SMILES string of the molecule is Cc1ccc(OCC(=O)N[C@@H](C)[C]=O)cc1. The highest BCUT2D eigenvalue weighted by Crippen LogP contribution is 2.10. The molecule has 1 radical (unpaired) electrons. The second kappa shape index (κ2) is 5.90. The summed E-state index contributed by atoms with van der Waals surface area (Å²) in [6.07, 6.45) is 1.66. The minimum Gasteiger partial charge on any atom is -0.484 e. The zero-order chi connectivity index (χ0) is 12.0. The molecule has 0 aliphatic rings. The van der Waals surface area contributed by atoms with Gasteiger partial charge in [0.05, 0.1) is 6.04 Å². The first kappa shape index (κ1) is 12.2. The molecular formula is C12H14NO3. The largest absolute Gasteiger partial charge is 0.484 e. The number of rotatable bonds is 5. The third-order valence-electron chi connectivity index (χ3n) is 1.95. The minimum absolute atomic E-state index is 0.102. The van der Waals surface area contributed by atoms with Crippen molar-refractivity contribution in [2.75, 3.05) is 6.61 Å². The maximum Gasteiger partial charge on any atom is 0.258 e. The number of carbonyl (C=O) groups excluding carboxylic acids is 2. The predicted octanol–water partition coefficient (Wildman–Crippen LogP) is 0.988. The average molecular weight is 220 g/mol. The lowest BCUT2D eigenvalue weighted by atomic mass is 10.2. The Morgan fingerprint density at radius 1 is 1.44 bits per heavy atom. The molecule has 1 amide bonds. The van der Waals surface area contributed by atoms with Gasteiger partial charge in [-0.1, -0.05) is 17.7 Å². The molecule has 1 N–H and O–H groups in total. The van der Waals surface area contributed by atoms with Gasteiger partial charge >= 0.3 is 0 Å². The highest BCUT2D eigenvalue weighted by molar-refractivity contribution is 5.80. The summed E-state index contributed by atoms with van der Waals surface area (Å²) in [6, 6.07) is 6.77. The molecule has 0 unspecified atom stereocenters. The number of aryl methyl sites for hydroxylation is 1. The van der Waals surface area contributed by atoms with Crippen LogP contribution in [-0.2, 0) is 9.59 Å². The first-order chi connectivity index (χ1) is 7.61. The zero-order valence-corrected chi connectivity index (χ0v) is 9.32. The molecule has 0 heterocycles. The van der Waals surface area contributed by atoms with E-state index in [1.54, 1.807) is 25.3 Å². The van der Waals surface area contributed by atoms with Crippen LogP contribution in [0.15, 0.2) is 24.3 Å². The van der Waals surface area contributed by atoms with Crippen LogP contribution in [0, 0.1) is 6.92 Å². The molecule has 0 aliphatic carbocycles. The fourth-order valence-electron chi connectivity index (χ4n) is 1.10. The molecule has 0 bridgehead atoms. The number of hydrogen-bond acceptors (Lipinski definition) is 3. The minimum atomic E-state index is -0.603. The van der Waals surface area contributed by atoms with Crippen LogP contribution < -0.4 is 10.1 Å². The fourth-order valence-corrected chi connectivity index (χ4v) is 1.10. The zero-order valence-electron chi connectivity index (χ0n) is 9.32. The normalized spacial score (nSPS) is 11.6. The van der Waals surface area contributed by atoms with Gasteiger partial charge in [-0.3, -0.25) is 9.59 Å². The van der Waals surface area contributed by atoms with Crippen molar-refractivity contribution in [2.45, 2.75) is 19.9 Å². The average Bonchev–Trinajstić information content (AvgIpc) is 2.28. The number of nitrogens with one attached hydrogen (secondary N) is 1. The van der Waals surface area contributed by atoms with Gasteiger partial charge in [0.25, 0.3) is 5.91 Å². The number of benzene rings is 1. The Hall–Kier alpha value is -1.84. The molecule has 1 aromatic carbocycles. The van der Waals surface area contributed by atoms with Crippen molar-refractivity contribution in [2.24, 2.45) is 0 Å². The Bertz CT molecular complexity index is 359. The number of ether oxygens (including phenoxy) is 1. The van der Waals surface area contributed by atoms with Crippen LogP contribution in [0.25, 0.3) is 0 Å². The lowest BCUT2D eigenvalue weighted by Gasteiger charge is -2.08. The van der Waals surface area contributed by atoms with Gasteiger partial charge in [-0.2, -0.15) is 0 Å². The molecular weight excluding hydrogens is 206 g/mol. The first-order valence-electron chi connectivity index (χ1n) is 4.98. The van der Waals surface area contributed by atoms with E-state index in [0.29, 0.717) is 5.75 Å². The third kappa shape index (κ3) is 4.13. The molecule has 0 aliphatic heterocycles. The molecule has 1 atom stereocenters. The van der Waals surface area contributed by atoms with Gasteiger partial charge in [-0.05, 0) is 26.0 Å².